The van der Waals surface area contributed by atoms with E-state index in [0.29, 0.717) is 0 Å². The van der Waals surface area contributed by atoms with Gasteiger partial charge < -0.3 is 10.1 Å². The molecule has 0 atom stereocenters. The summed E-state index contributed by atoms with van der Waals surface area (Å²) in [4.78, 5) is 6.88. The molecular formula is C16H27N3O. The number of ether oxygens (including phenoxy) is 1. The van der Waals surface area contributed by atoms with E-state index in [1.54, 1.807) is 0 Å². The van der Waals surface area contributed by atoms with Crippen molar-refractivity contribution in [3.8, 4) is 5.75 Å². The highest BCUT2D eigenvalue weighted by atomic mass is 16.5. The van der Waals surface area contributed by atoms with Gasteiger partial charge in [-0.2, -0.15) is 0 Å². The standard InChI is InChI=1S/C16H27N3O/c1-16(2,3)18-12-14-6-7-15(13-17-14)20-11-10-19-8-4-5-9-19/h6-7,13,18H,4-5,8-12H2,1-3H3. The molecule has 1 aliphatic heterocycles. The molecule has 112 valence electrons. The Morgan fingerprint density at radius 1 is 1.25 bits per heavy atom. The largest absolute Gasteiger partial charge is 0.491 e. The van der Waals surface area contributed by atoms with Crippen molar-refractivity contribution in [2.75, 3.05) is 26.2 Å². The van der Waals surface area contributed by atoms with E-state index in [9.17, 15) is 0 Å². The number of aromatic nitrogens is 1. The van der Waals surface area contributed by atoms with Crippen LogP contribution in [0, 0.1) is 0 Å². The van der Waals surface area contributed by atoms with Crippen LogP contribution >= 0.6 is 0 Å². The topological polar surface area (TPSA) is 37.4 Å². The van der Waals surface area contributed by atoms with Gasteiger partial charge in [0, 0.05) is 18.6 Å². The van der Waals surface area contributed by atoms with Crippen molar-refractivity contribution in [2.45, 2.75) is 45.7 Å². The lowest BCUT2D eigenvalue weighted by atomic mass is 10.1. The molecule has 2 heterocycles. The SMILES string of the molecule is CC(C)(C)NCc1ccc(OCCN2CCCC2)cn1. The van der Waals surface area contributed by atoms with Crippen molar-refractivity contribution in [2.24, 2.45) is 0 Å². The zero-order chi connectivity index (χ0) is 14.4. The van der Waals surface area contributed by atoms with E-state index in [1.807, 2.05) is 18.3 Å². The molecule has 0 amide bonds. The molecule has 0 unspecified atom stereocenters. The first kappa shape index (κ1) is 15.3. The molecule has 1 N–H and O–H groups in total. The van der Waals surface area contributed by atoms with Crippen LogP contribution in [0.1, 0.15) is 39.3 Å². The normalized spacial score (nSPS) is 16.6. The smallest absolute Gasteiger partial charge is 0.137 e. The summed E-state index contributed by atoms with van der Waals surface area (Å²) in [5.74, 6) is 0.865. The molecule has 0 radical (unpaired) electrons. The predicted octanol–water partition coefficient (Wildman–Crippen LogP) is 2.44. The molecule has 1 aromatic rings. The number of pyridine rings is 1. The van der Waals surface area contributed by atoms with Gasteiger partial charge in [0.2, 0.25) is 0 Å². The number of hydrogen-bond acceptors (Lipinski definition) is 4. The summed E-state index contributed by atoms with van der Waals surface area (Å²) in [7, 11) is 0. The maximum Gasteiger partial charge on any atom is 0.137 e. The Morgan fingerprint density at radius 3 is 2.60 bits per heavy atom. The van der Waals surface area contributed by atoms with Crippen molar-refractivity contribution in [3.05, 3.63) is 24.0 Å². The Hall–Kier alpha value is -1.13. The molecule has 0 spiro atoms. The van der Waals surface area contributed by atoms with Gasteiger partial charge in [-0.3, -0.25) is 9.88 Å². The van der Waals surface area contributed by atoms with Gasteiger partial charge in [-0.05, 0) is 58.8 Å². The Kier molecular flexibility index (Phi) is 5.38. The predicted molar refractivity (Wildman–Crippen MR) is 82.0 cm³/mol. The molecule has 4 heteroatoms. The first-order valence-electron chi connectivity index (χ1n) is 7.58. The lowest BCUT2D eigenvalue weighted by Gasteiger charge is -2.20. The minimum Gasteiger partial charge on any atom is -0.491 e. The van der Waals surface area contributed by atoms with Gasteiger partial charge in [0.1, 0.15) is 12.4 Å². The summed E-state index contributed by atoms with van der Waals surface area (Å²) in [6.07, 6.45) is 4.48. The molecule has 4 nitrogen and oxygen atoms in total. The molecule has 1 fully saturated rings. The monoisotopic (exact) mass is 277 g/mol. The average molecular weight is 277 g/mol. The zero-order valence-corrected chi connectivity index (χ0v) is 13.0. The van der Waals surface area contributed by atoms with Crippen LogP contribution in [-0.4, -0.2) is 41.7 Å². The van der Waals surface area contributed by atoms with Gasteiger partial charge in [0.05, 0.1) is 11.9 Å². The minimum absolute atomic E-state index is 0.118. The highest BCUT2D eigenvalue weighted by Crippen LogP contribution is 2.11. The van der Waals surface area contributed by atoms with Crippen LogP contribution < -0.4 is 10.1 Å². The number of hydrogen-bond donors (Lipinski definition) is 1. The molecule has 1 aromatic heterocycles. The van der Waals surface area contributed by atoms with Crippen LogP contribution in [0.3, 0.4) is 0 Å². The van der Waals surface area contributed by atoms with Crippen LogP contribution in [-0.2, 0) is 6.54 Å². The lowest BCUT2D eigenvalue weighted by molar-refractivity contribution is 0.237. The second-order valence-electron chi connectivity index (χ2n) is 6.49. The van der Waals surface area contributed by atoms with Gasteiger partial charge >= 0.3 is 0 Å². The van der Waals surface area contributed by atoms with Crippen molar-refractivity contribution < 1.29 is 4.74 Å². The van der Waals surface area contributed by atoms with Crippen molar-refractivity contribution in [1.82, 2.24) is 15.2 Å². The second-order valence-corrected chi connectivity index (χ2v) is 6.49. The van der Waals surface area contributed by atoms with Crippen LogP contribution in [0.25, 0.3) is 0 Å². The first-order chi connectivity index (χ1) is 9.53. The van der Waals surface area contributed by atoms with Gasteiger partial charge in [0.15, 0.2) is 0 Å². The van der Waals surface area contributed by atoms with Crippen molar-refractivity contribution >= 4 is 0 Å². The van der Waals surface area contributed by atoms with E-state index in [2.05, 4.69) is 36.0 Å². The molecule has 0 bridgehead atoms. The van der Waals surface area contributed by atoms with E-state index < -0.39 is 0 Å². The van der Waals surface area contributed by atoms with Crippen LogP contribution in [0.15, 0.2) is 18.3 Å². The third-order valence-corrected chi connectivity index (χ3v) is 3.47. The lowest BCUT2D eigenvalue weighted by Crippen LogP contribution is -2.35. The van der Waals surface area contributed by atoms with Crippen molar-refractivity contribution in [1.29, 1.82) is 0 Å². The quantitative estimate of drug-likeness (QED) is 0.866. The summed E-state index contributed by atoms with van der Waals surface area (Å²) in [6, 6.07) is 4.04. The van der Waals surface area contributed by atoms with Gasteiger partial charge in [-0.25, -0.2) is 0 Å². The minimum atomic E-state index is 0.118. The molecule has 0 aromatic carbocycles. The van der Waals surface area contributed by atoms with E-state index in [0.717, 1.165) is 31.1 Å². The van der Waals surface area contributed by atoms with E-state index >= 15 is 0 Å². The third kappa shape index (κ3) is 5.47. The second kappa shape index (κ2) is 7.04. The zero-order valence-electron chi connectivity index (χ0n) is 13.0. The Balaban J connectivity index is 1.70. The molecule has 1 aliphatic rings. The Bertz CT molecular complexity index is 391. The molecule has 1 saturated heterocycles. The van der Waals surface area contributed by atoms with E-state index in [4.69, 9.17) is 4.74 Å². The fourth-order valence-corrected chi connectivity index (χ4v) is 2.26. The van der Waals surface area contributed by atoms with E-state index in [-0.39, 0.29) is 5.54 Å². The third-order valence-electron chi connectivity index (χ3n) is 3.47. The highest BCUT2D eigenvalue weighted by molar-refractivity contribution is 5.19. The summed E-state index contributed by atoms with van der Waals surface area (Å²) >= 11 is 0. The molecule has 20 heavy (non-hydrogen) atoms. The molecule has 2 rings (SSSR count). The Labute approximate surface area is 122 Å². The number of rotatable bonds is 6. The Morgan fingerprint density at radius 2 is 2.00 bits per heavy atom. The maximum atomic E-state index is 5.74. The fraction of sp³-hybridized carbons (Fsp3) is 0.688. The summed E-state index contributed by atoms with van der Waals surface area (Å²) in [5.41, 5.74) is 1.17. The first-order valence-corrected chi connectivity index (χ1v) is 7.58. The van der Waals surface area contributed by atoms with Gasteiger partial charge in [-0.15, -0.1) is 0 Å². The fourth-order valence-electron chi connectivity index (χ4n) is 2.26. The summed E-state index contributed by atoms with van der Waals surface area (Å²) in [5, 5.41) is 3.43. The summed E-state index contributed by atoms with van der Waals surface area (Å²) in [6.45, 7) is 11.5. The number of nitrogens with one attached hydrogen (secondary N) is 1. The van der Waals surface area contributed by atoms with Crippen molar-refractivity contribution in [3.63, 3.8) is 0 Å². The molecule has 0 aliphatic carbocycles. The number of likely N-dealkylation sites (tertiary alicyclic amines) is 1. The highest BCUT2D eigenvalue weighted by Gasteiger charge is 2.11. The van der Waals surface area contributed by atoms with Crippen LogP contribution in [0.5, 0.6) is 5.75 Å². The van der Waals surface area contributed by atoms with Crippen LogP contribution in [0.4, 0.5) is 0 Å². The van der Waals surface area contributed by atoms with Crippen LogP contribution in [0.2, 0.25) is 0 Å². The number of nitrogens with zero attached hydrogens (tertiary/aromatic N) is 2. The molecule has 0 saturated carbocycles. The maximum absolute atomic E-state index is 5.74. The molecular weight excluding hydrogens is 250 g/mol. The van der Waals surface area contributed by atoms with Gasteiger partial charge in [-0.1, -0.05) is 0 Å². The van der Waals surface area contributed by atoms with E-state index in [1.165, 1.54) is 25.9 Å². The van der Waals surface area contributed by atoms with Gasteiger partial charge in [0.25, 0.3) is 0 Å². The summed E-state index contributed by atoms with van der Waals surface area (Å²) < 4.78 is 5.74. The average Bonchev–Trinajstić information content (AvgIpc) is 2.90.